The van der Waals surface area contributed by atoms with Gasteiger partial charge in [0.1, 0.15) is 5.69 Å². The van der Waals surface area contributed by atoms with Gasteiger partial charge in [0.2, 0.25) is 5.75 Å². The van der Waals surface area contributed by atoms with Crippen molar-refractivity contribution in [2.75, 3.05) is 27.9 Å². The number of rotatable bonds is 11. The predicted octanol–water partition coefficient (Wildman–Crippen LogP) is 3.63. The van der Waals surface area contributed by atoms with Crippen LogP contribution in [-0.4, -0.2) is 43.9 Å². The first-order valence-electron chi connectivity index (χ1n) is 9.11. The van der Waals surface area contributed by atoms with E-state index in [1.54, 1.807) is 26.4 Å². The smallest absolute Gasteiger partial charge is 0.352 e. The molecule has 3 N–H and O–H groups in total. The number of carboxylic acid groups (broad SMARTS) is 1. The largest absolute Gasteiger partial charge is 0.493 e. The summed E-state index contributed by atoms with van der Waals surface area (Å²) in [5, 5.41) is 13.0. The fraction of sp³-hybridized carbons (Fsp3) is 0.381. The molecule has 0 radical (unpaired) electrons. The second-order valence-corrected chi connectivity index (χ2v) is 6.19. The van der Waals surface area contributed by atoms with Crippen LogP contribution in [0, 0.1) is 0 Å². The van der Waals surface area contributed by atoms with Crippen molar-refractivity contribution in [2.24, 2.45) is 0 Å². The highest BCUT2D eigenvalue weighted by atomic mass is 16.5. The van der Waals surface area contributed by atoms with Crippen molar-refractivity contribution in [2.45, 2.75) is 26.3 Å². The van der Waals surface area contributed by atoms with Gasteiger partial charge in [0.25, 0.3) is 0 Å². The van der Waals surface area contributed by atoms with E-state index in [1.807, 2.05) is 6.07 Å². The lowest BCUT2D eigenvalue weighted by Gasteiger charge is -2.17. The zero-order valence-electron chi connectivity index (χ0n) is 16.8. The van der Waals surface area contributed by atoms with Crippen LogP contribution in [0.4, 0.5) is 0 Å². The molecule has 0 aliphatic carbocycles. The van der Waals surface area contributed by atoms with Crippen molar-refractivity contribution in [3.05, 3.63) is 41.7 Å². The molecular formula is C21H28N2O5. The Morgan fingerprint density at radius 2 is 1.93 bits per heavy atom. The van der Waals surface area contributed by atoms with Crippen LogP contribution >= 0.6 is 0 Å². The molecule has 152 valence electrons. The Hall–Kier alpha value is -2.93. The molecule has 7 nitrogen and oxygen atoms in total. The third kappa shape index (κ3) is 4.14. The monoisotopic (exact) mass is 388 g/mol. The molecular weight excluding hydrogens is 360 g/mol. The van der Waals surface area contributed by atoms with Gasteiger partial charge in [0.15, 0.2) is 11.5 Å². The summed E-state index contributed by atoms with van der Waals surface area (Å²) in [5.41, 5.74) is 3.09. The van der Waals surface area contributed by atoms with Gasteiger partial charge in [-0.15, -0.1) is 6.58 Å². The summed E-state index contributed by atoms with van der Waals surface area (Å²) in [7, 11) is 4.64. The highest BCUT2D eigenvalue weighted by Crippen LogP contribution is 2.46. The number of aromatic nitrogens is 1. The highest BCUT2D eigenvalue weighted by Gasteiger charge is 2.26. The maximum atomic E-state index is 11.8. The van der Waals surface area contributed by atoms with Crippen LogP contribution in [0.2, 0.25) is 0 Å². The molecule has 7 heteroatoms. The molecule has 0 unspecified atom stereocenters. The Balaban J connectivity index is 2.77. The van der Waals surface area contributed by atoms with E-state index in [-0.39, 0.29) is 5.69 Å². The van der Waals surface area contributed by atoms with Crippen LogP contribution in [0.3, 0.4) is 0 Å². The van der Waals surface area contributed by atoms with E-state index in [4.69, 9.17) is 14.2 Å². The lowest BCUT2D eigenvalue weighted by molar-refractivity contribution is 0.0690. The Morgan fingerprint density at radius 3 is 2.46 bits per heavy atom. The first-order valence-corrected chi connectivity index (χ1v) is 9.11. The van der Waals surface area contributed by atoms with Crippen LogP contribution < -0.4 is 19.5 Å². The predicted molar refractivity (Wildman–Crippen MR) is 109 cm³/mol. The molecule has 0 aliphatic heterocycles. The molecule has 1 heterocycles. The SMILES string of the molecule is C=CCc1c(C(=O)O)[nH]c(CNCCC)c1-c1ccc(OC)c(OC)c1OC. The Kier molecular flexibility index (Phi) is 7.52. The molecule has 2 rings (SSSR count). The number of carbonyl (C=O) groups is 1. The lowest BCUT2D eigenvalue weighted by Crippen LogP contribution is -2.15. The third-order valence-electron chi connectivity index (χ3n) is 4.45. The second-order valence-electron chi connectivity index (χ2n) is 6.19. The van der Waals surface area contributed by atoms with E-state index < -0.39 is 5.97 Å². The summed E-state index contributed by atoms with van der Waals surface area (Å²) in [6, 6.07) is 3.63. The summed E-state index contributed by atoms with van der Waals surface area (Å²) >= 11 is 0. The van der Waals surface area contributed by atoms with Crippen molar-refractivity contribution in [3.63, 3.8) is 0 Å². The van der Waals surface area contributed by atoms with Gasteiger partial charge < -0.3 is 29.6 Å². The van der Waals surface area contributed by atoms with Crippen molar-refractivity contribution in [3.8, 4) is 28.4 Å². The first-order chi connectivity index (χ1) is 13.5. The van der Waals surface area contributed by atoms with Crippen LogP contribution in [0.25, 0.3) is 11.1 Å². The molecule has 1 aromatic carbocycles. The Morgan fingerprint density at radius 1 is 1.21 bits per heavy atom. The molecule has 0 amide bonds. The summed E-state index contributed by atoms with van der Waals surface area (Å²) in [6.07, 6.45) is 3.06. The fourth-order valence-corrected chi connectivity index (χ4v) is 3.27. The molecule has 28 heavy (non-hydrogen) atoms. The molecule has 0 spiro atoms. The number of H-pyrrole nitrogens is 1. The molecule has 0 aliphatic rings. The third-order valence-corrected chi connectivity index (χ3v) is 4.45. The van der Waals surface area contributed by atoms with Crippen molar-refractivity contribution in [1.29, 1.82) is 0 Å². The maximum absolute atomic E-state index is 11.8. The van der Waals surface area contributed by atoms with Crippen LogP contribution in [-0.2, 0) is 13.0 Å². The number of ether oxygens (including phenoxy) is 3. The number of hydrogen-bond donors (Lipinski definition) is 3. The van der Waals surface area contributed by atoms with Gasteiger partial charge in [-0.05, 0) is 37.1 Å². The van der Waals surface area contributed by atoms with E-state index in [0.29, 0.717) is 35.8 Å². The van der Waals surface area contributed by atoms with Gasteiger partial charge in [0.05, 0.1) is 21.3 Å². The molecule has 0 atom stereocenters. The number of carboxylic acids is 1. The number of hydrogen-bond acceptors (Lipinski definition) is 5. The molecule has 0 saturated carbocycles. The number of nitrogens with one attached hydrogen (secondary N) is 2. The molecule has 1 aromatic heterocycles. The standard InChI is InChI=1S/C21H28N2O5/c1-6-8-13-17(15(12-22-11-7-2)23-18(13)21(24)25)14-9-10-16(26-3)20(28-5)19(14)27-4/h6,9-10,22-23H,1,7-8,11-12H2,2-5H3,(H,24,25). The van der Waals surface area contributed by atoms with Crippen molar-refractivity contribution < 1.29 is 24.1 Å². The van der Waals surface area contributed by atoms with Gasteiger partial charge in [-0.2, -0.15) is 0 Å². The van der Waals surface area contributed by atoms with Gasteiger partial charge in [-0.3, -0.25) is 0 Å². The minimum Gasteiger partial charge on any atom is -0.493 e. The minimum atomic E-state index is -1.01. The van der Waals surface area contributed by atoms with E-state index in [2.05, 4.69) is 23.8 Å². The van der Waals surface area contributed by atoms with E-state index in [9.17, 15) is 9.90 Å². The van der Waals surface area contributed by atoms with Crippen molar-refractivity contribution in [1.82, 2.24) is 10.3 Å². The zero-order chi connectivity index (χ0) is 20.7. The van der Waals surface area contributed by atoms with Gasteiger partial charge in [0, 0.05) is 23.4 Å². The Bertz CT molecular complexity index is 842. The molecule has 0 fully saturated rings. The van der Waals surface area contributed by atoms with Gasteiger partial charge >= 0.3 is 5.97 Å². The quantitative estimate of drug-likeness (QED) is 0.402. The Labute approximate surface area is 165 Å². The van der Waals surface area contributed by atoms with Crippen LogP contribution in [0.15, 0.2) is 24.8 Å². The minimum absolute atomic E-state index is 0.153. The number of aromatic amines is 1. The normalized spacial score (nSPS) is 10.6. The summed E-state index contributed by atoms with van der Waals surface area (Å²) in [5.74, 6) is 0.463. The van der Waals surface area contributed by atoms with Gasteiger partial charge in [-0.1, -0.05) is 13.0 Å². The molecule has 0 saturated heterocycles. The molecule has 2 aromatic rings. The second kappa shape index (κ2) is 9.85. The van der Waals surface area contributed by atoms with Crippen molar-refractivity contribution >= 4 is 5.97 Å². The summed E-state index contributed by atoms with van der Waals surface area (Å²) in [6.45, 7) is 7.17. The zero-order valence-corrected chi connectivity index (χ0v) is 16.8. The van der Waals surface area contributed by atoms with E-state index in [0.717, 1.165) is 29.8 Å². The summed E-state index contributed by atoms with van der Waals surface area (Å²) in [4.78, 5) is 14.9. The number of aromatic carboxylic acids is 1. The highest BCUT2D eigenvalue weighted by molar-refractivity contribution is 5.93. The average Bonchev–Trinajstić information content (AvgIpc) is 3.05. The number of methoxy groups -OCH3 is 3. The summed E-state index contributed by atoms with van der Waals surface area (Å²) < 4.78 is 16.5. The number of allylic oxidation sites excluding steroid dienone is 1. The maximum Gasteiger partial charge on any atom is 0.352 e. The van der Waals surface area contributed by atoms with E-state index in [1.165, 1.54) is 7.11 Å². The van der Waals surface area contributed by atoms with Gasteiger partial charge in [-0.25, -0.2) is 4.79 Å². The first kappa shape index (κ1) is 21.4. The van der Waals surface area contributed by atoms with Crippen LogP contribution in [0.1, 0.15) is 35.1 Å². The topological polar surface area (TPSA) is 92.8 Å². The average molecular weight is 388 g/mol. The lowest BCUT2D eigenvalue weighted by atomic mass is 9.96. The van der Waals surface area contributed by atoms with Crippen LogP contribution in [0.5, 0.6) is 17.2 Å². The number of benzene rings is 1. The van der Waals surface area contributed by atoms with E-state index >= 15 is 0 Å². The fourth-order valence-electron chi connectivity index (χ4n) is 3.27. The molecule has 0 bridgehead atoms.